The van der Waals surface area contributed by atoms with E-state index in [0.717, 1.165) is 5.56 Å². The Labute approximate surface area is 117 Å². The number of hydrogen-bond donors (Lipinski definition) is 2. The first-order valence-corrected chi connectivity index (χ1v) is 6.36. The fourth-order valence-electron chi connectivity index (χ4n) is 1.73. The Balaban J connectivity index is 2.18. The monoisotopic (exact) mass is 271 g/mol. The first kappa shape index (κ1) is 13.9. The lowest BCUT2D eigenvalue weighted by Crippen LogP contribution is -2.13. The molecule has 104 valence electrons. The average Bonchev–Trinajstić information content (AvgIpc) is 2.41. The van der Waals surface area contributed by atoms with Crippen LogP contribution in [0.2, 0.25) is 0 Å². The lowest BCUT2D eigenvalue weighted by Gasteiger charge is -2.08. The maximum atomic E-state index is 12.1. The highest BCUT2D eigenvalue weighted by atomic mass is 16.5. The molecule has 5 heteroatoms. The summed E-state index contributed by atoms with van der Waals surface area (Å²) in [6.45, 7) is 4.33. The van der Waals surface area contributed by atoms with Gasteiger partial charge >= 0.3 is 0 Å². The molecule has 0 aliphatic carbocycles. The summed E-state index contributed by atoms with van der Waals surface area (Å²) in [6.07, 6.45) is 1.70. The Morgan fingerprint density at radius 3 is 2.80 bits per heavy atom. The van der Waals surface area contributed by atoms with Crippen LogP contribution in [0, 0.1) is 6.92 Å². The first-order chi connectivity index (χ1) is 9.58. The van der Waals surface area contributed by atoms with Crippen LogP contribution in [0.25, 0.3) is 0 Å². The zero-order valence-electron chi connectivity index (χ0n) is 11.5. The highest BCUT2D eigenvalue weighted by Crippen LogP contribution is 2.19. The molecule has 0 saturated carbocycles. The van der Waals surface area contributed by atoms with Gasteiger partial charge in [0.2, 0.25) is 0 Å². The molecular weight excluding hydrogens is 254 g/mol. The van der Waals surface area contributed by atoms with Gasteiger partial charge in [-0.15, -0.1) is 0 Å². The maximum absolute atomic E-state index is 12.1. The summed E-state index contributed by atoms with van der Waals surface area (Å²) in [6, 6.07) is 8.58. The number of benzene rings is 1. The number of carbonyl (C=O) groups is 1. The molecule has 3 N–H and O–H groups in total. The van der Waals surface area contributed by atoms with Crippen molar-refractivity contribution in [1.29, 1.82) is 0 Å². The van der Waals surface area contributed by atoms with Crippen molar-refractivity contribution >= 4 is 17.4 Å². The molecule has 0 spiro atoms. The van der Waals surface area contributed by atoms with Crippen LogP contribution in [0.5, 0.6) is 5.75 Å². The van der Waals surface area contributed by atoms with Crippen LogP contribution < -0.4 is 15.8 Å². The Hall–Kier alpha value is -2.56. The molecule has 20 heavy (non-hydrogen) atoms. The molecule has 5 nitrogen and oxygen atoms in total. The fourth-order valence-corrected chi connectivity index (χ4v) is 1.73. The lowest BCUT2D eigenvalue weighted by atomic mass is 10.1. The van der Waals surface area contributed by atoms with Gasteiger partial charge in [-0.25, -0.2) is 4.98 Å². The third-order valence-electron chi connectivity index (χ3n) is 2.66. The van der Waals surface area contributed by atoms with Crippen molar-refractivity contribution in [2.45, 2.75) is 13.8 Å². The molecule has 0 bridgehead atoms. The molecule has 0 aliphatic heterocycles. The number of nitrogens with two attached hydrogens (primary N) is 1. The Bertz CT molecular complexity index is 609. The van der Waals surface area contributed by atoms with Gasteiger partial charge in [0.1, 0.15) is 11.6 Å². The van der Waals surface area contributed by atoms with Crippen molar-refractivity contribution < 1.29 is 9.53 Å². The smallest absolute Gasteiger partial charge is 0.257 e. The van der Waals surface area contributed by atoms with Crippen molar-refractivity contribution in [3.8, 4) is 5.75 Å². The molecule has 0 aliphatic rings. The first-order valence-electron chi connectivity index (χ1n) is 6.36. The van der Waals surface area contributed by atoms with Crippen molar-refractivity contribution in [2.24, 2.45) is 0 Å². The summed E-state index contributed by atoms with van der Waals surface area (Å²) in [5.41, 5.74) is 7.72. The number of nitrogens with zero attached hydrogens (tertiary/aromatic N) is 1. The number of aryl methyl sites for hydroxylation is 1. The molecule has 0 unspecified atom stereocenters. The number of ether oxygens (including phenoxy) is 1. The third-order valence-corrected chi connectivity index (χ3v) is 2.66. The fraction of sp³-hybridized carbons (Fsp3) is 0.200. The highest BCUT2D eigenvalue weighted by molar-refractivity contribution is 6.04. The molecule has 1 heterocycles. The molecule has 1 amide bonds. The topological polar surface area (TPSA) is 77.2 Å². The summed E-state index contributed by atoms with van der Waals surface area (Å²) in [7, 11) is 0. The second-order valence-electron chi connectivity index (χ2n) is 4.40. The number of pyridine rings is 1. The predicted octanol–water partition coefficient (Wildman–Crippen LogP) is 2.62. The summed E-state index contributed by atoms with van der Waals surface area (Å²) in [5, 5.41) is 2.72. The van der Waals surface area contributed by atoms with Gasteiger partial charge in [-0.1, -0.05) is 6.07 Å². The zero-order valence-corrected chi connectivity index (χ0v) is 11.5. The normalized spacial score (nSPS) is 10.1. The lowest BCUT2D eigenvalue weighted by molar-refractivity contribution is 0.102. The van der Waals surface area contributed by atoms with E-state index >= 15 is 0 Å². The zero-order chi connectivity index (χ0) is 14.5. The van der Waals surface area contributed by atoms with E-state index in [1.54, 1.807) is 30.5 Å². The second kappa shape index (κ2) is 6.06. The number of hydrogen-bond acceptors (Lipinski definition) is 4. The van der Waals surface area contributed by atoms with E-state index in [9.17, 15) is 4.79 Å². The van der Waals surface area contributed by atoms with Crippen LogP contribution in [0.3, 0.4) is 0 Å². The third kappa shape index (κ3) is 3.47. The van der Waals surface area contributed by atoms with E-state index in [1.165, 1.54) is 0 Å². The van der Waals surface area contributed by atoms with E-state index in [2.05, 4.69) is 10.3 Å². The Morgan fingerprint density at radius 1 is 1.35 bits per heavy atom. The minimum Gasteiger partial charge on any atom is -0.494 e. The number of anilines is 2. The van der Waals surface area contributed by atoms with Crippen LogP contribution in [0.1, 0.15) is 22.8 Å². The SMILES string of the molecule is CCOc1cc(N)cc(C(=O)Nc2ccc(C)cn2)c1. The Kier molecular flexibility index (Phi) is 4.20. The van der Waals surface area contributed by atoms with Gasteiger partial charge in [0.05, 0.1) is 6.61 Å². The van der Waals surface area contributed by atoms with Gasteiger partial charge in [0, 0.05) is 23.5 Å². The summed E-state index contributed by atoms with van der Waals surface area (Å²) >= 11 is 0. The van der Waals surface area contributed by atoms with Crippen LogP contribution in [0.15, 0.2) is 36.5 Å². The van der Waals surface area contributed by atoms with E-state index < -0.39 is 0 Å². The van der Waals surface area contributed by atoms with E-state index in [4.69, 9.17) is 10.5 Å². The number of nitrogens with one attached hydrogen (secondary N) is 1. The van der Waals surface area contributed by atoms with Gasteiger partial charge in [-0.05, 0) is 37.6 Å². The second-order valence-corrected chi connectivity index (χ2v) is 4.40. The minimum absolute atomic E-state index is 0.269. The number of rotatable bonds is 4. The number of aromatic nitrogens is 1. The molecule has 0 fully saturated rings. The molecule has 1 aromatic heterocycles. The maximum Gasteiger partial charge on any atom is 0.257 e. The number of amides is 1. The predicted molar refractivity (Wildman–Crippen MR) is 79.0 cm³/mol. The summed E-state index contributed by atoms with van der Waals surface area (Å²) in [5.74, 6) is 0.810. The van der Waals surface area contributed by atoms with Crippen molar-refractivity contribution in [3.05, 3.63) is 47.7 Å². The molecule has 0 radical (unpaired) electrons. The van der Waals surface area contributed by atoms with Crippen LogP contribution in [0.4, 0.5) is 11.5 Å². The van der Waals surface area contributed by atoms with E-state index in [-0.39, 0.29) is 5.91 Å². The molecule has 0 saturated heterocycles. The molecule has 2 aromatic rings. The molecule has 0 atom stereocenters. The Morgan fingerprint density at radius 2 is 2.15 bits per heavy atom. The molecular formula is C15H17N3O2. The largest absolute Gasteiger partial charge is 0.494 e. The van der Waals surface area contributed by atoms with Crippen LogP contribution in [-0.4, -0.2) is 17.5 Å². The van der Waals surface area contributed by atoms with Gasteiger partial charge in [0.25, 0.3) is 5.91 Å². The minimum atomic E-state index is -0.269. The highest BCUT2D eigenvalue weighted by Gasteiger charge is 2.09. The van der Waals surface area contributed by atoms with Gasteiger partial charge < -0.3 is 15.8 Å². The molecule has 2 rings (SSSR count). The van der Waals surface area contributed by atoms with E-state index in [1.807, 2.05) is 19.9 Å². The summed E-state index contributed by atoms with van der Waals surface area (Å²) in [4.78, 5) is 16.3. The number of nitrogen functional groups attached to an aromatic ring is 1. The molecule has 1 aromatic carbocycles. The van der Waals surface area contributed by atoms with Crippen LogP contribution in [-0.2, 0) is 0 Å². The van der Waals surface area contributed by atoms with Crippen LogP contribution >= 0.6 is 0 Å². The number of carbonyl (C=O) groups excluding carboxylic acids is 1. The van der Waals surface area contributed by atoms with Gasteiger partial charge in [-0.2, -0.15) is 0 Å². The average molecular weight is 271 g/mol. The van der Waals surface area contributed by atoms with Gasteiger partial charge in [-0.3, -0.25) is 4.79 Å². The standard InChI is InChI=1S/C15H17N3O2/c1-3-20-13-7-11(6-12(16)8-13)15(19)18-14-5-4-10(2)9-17-14/h4-9H,3,16H2,1-2H3,(H,17,18,19). The quantitative estimate of drug-likeness (QED) is 0.838. The van der Waals surface area contributed by atoms with Crippen molar-refractivity contribution in [3.63, 3.8) is 0 Å². The van der Waals surface area contributed by atoms with E-state index in [0.29, 0.717) is 29.4 Å². The van der Waals surface area contributed by atoms with Crippen molar-refractivity contribution in [2.75, 3.05) is 17.7 Å². The van der Waals surface area contributed by atoms with Crippen molar-refractivity contribution in [1.82, 2.24) is 4.98 Å². The van der Waals surface area contributed by atoms with Gasteiger partial charge in [0.15, 0.2) is 0 Å². The summed E-state index contributed by atoms with van der Waals surface area (Å²) < 4.78 is 5.37.